The number of nitrogens with zero attached hydrogens (tertiary/aromatic N) is 4. The summed E-state index contributed by atoms with van der Waals surface area (Å²) in [7, 11) is 2.16. The zero-order chi connectivity index (χ0) is 23.5. The minimum atomic E-state index is -1.05. The van der Waals surface area contributed by atoms with Crippen molar-refractivity contribution in [1.29, 1.82) is 0 Å². The number of halogens is 2. The number of anilines is 1. The van der Waals surface area contributed by atoms with Crippen LogP contribution in [0, 0.1) is 0 Å². The van der Waals surface area contributed by atoms with Gasteiger partial charge in [0.2, 0.25) is 5.79 Å². The molecule has 0 N–H and O–H groups in total. The smallest absolute Gasteiger partial charge is 0.215 e. The van der Waals surface area contributed by atoms with Crippen molar-refractivity contribution in [2.75, 3.05) is 51.3 Å². The number of hydrogen-bond donors (Lipinski definition) is 0. The Balaban J connectivity index is 1.25. The fourth-order valence-corrected chi connectivity index (χ4v) is 4.93. The molecule has 0 aliphatic carbocycles. The standard InChI is InChI=1S/C25H28Cl2N4O3/c1-29-10-12-31(13-11-29)20-3-5-21(6-4-20)32-15-22-16-33-25(34-22,17-30-9-8-28-18-30)23-7-2-19(26)14-24(23)27/h2-9,14,18,22H,10-13,15-17H2,1H3. The quantitative estimate of drug-likeness (QED) is 0.480. The van der Waals surface area contributed by atoms with Gasteiger partial charge in [-0.15, -0.1) is 0 Å². The summed E-state index contributed by atoms with van der Waals surface area (Å²) in [5.74, 6) is -0.250. The highest BCUT2D eigenvalue weighted by Gasteiger charge is 2.45. The molecule has 2 aromatic carbocycles. The molecule has 5 rings (SSSR count). The molecule has 0 bridgehead atoms. The average molecular weight is 503 g/mol. The highest BCUT2D eigenvalue weighted by molar-refractivity contribution is 6.35. The van der Waals surface area contributed by atoms with E-state index in [9.17, 15) is 0 Å². The number of imidazole rings is 1. The van der Waals surface area contributed by atoms with E-state index < -0.39 is 5.79 Å². The Kier molecular flexibility index (Phi) is 6.99. The largest absolute Gasteiger partial charge is 0.491 e. The summed E-state index contributed by atoms with van der Waals surface area (Å²) in [6.45, 7) is 5.39. The molecule has 2 unspecified atom stereocenters. The highest BCUT2D eigenvalue weighted by atomic mass is 35.5. The summed E-state index contributed by atoms with van der Waals surface area (Å²) in [6, 6.07) is 13.6. The summed E-state index contributed by atoms with van der Waals surface area (Å²) >= 11 is 12.7. The van der Waals surface area contributed by atoms with Crippen LogP contribution in [0.5, 0.6) is 5.75 Å². The first-order valence-corrected chi connectivity index (χ1v) is 12.2. The predicted molar refractivity (Wildman–Crippen MR) is 133 cm³/mol. The van der Waals surface area contributed by atoms with Crippen molar-refractivity contribution in [3.8, 4) is 5.75 Å². The minimum absolute atomic E-state index is 0.257. The van der Waals surface area contributed by atoms with Crippen molar-refractivity contribution < 1.29 is 14.2 Å². The first-order chi connectivity index (χ1) is 16.5. The van der Waals surface area contributed by atoms with Crippen molar-refractivity contribution in [3.05, 3.63) is 76.8 Å². The van der Waals surface area contributed by atoms with Crippen LogP contribution in [-0.4, -0.2) is 67.0 Å². The number of benzene rings is 2. The molecule has 2 saturated heterocycles. The highest BCUT2D eigenvalue weighted by Crippen LogP contribution is 2.40. The fraction of sp³-hybridized carbons (Fsp3) is 0.400. The number of piperazine rings is 1. The number of rotatable bonds is 7. The number of hydrogen-bond acceptors (Lipinski definition) is 6. The topological polar surface area (TPSA) is 52.0 Å². The van der Waals surface area contributed by atoms with E-state index in [1.165, 1.54) is 5.69 Å². The molecule has 0 saturated carbocycles. The molecule has 2 aliphatic rings. The molecule has 2 fully saturated rings. The van der Waals surface area contributed by atoms with E-state index in [0.29, 0.717) is 29.8 Å². The number of likely N-dealkylation sites (N-methyl/N-ethyl adjacent to an activating group) is 1. The molecule has 3 aromatic rings. The molecule has 2 aliphatic heterocycles. The number of ether oxygens (including phenoxy) is 3. The van der Waals surface area contributed by atoms with Gasteiger partial charge < -0.3 is 28.6 Å². The average Bonchev–Trinajstić information content (AvgIpc) is 3.49. The second-order valence-electron chi connectivity index (χ2n) is 8.76. The van der Waals surface area contributed by atoms with E-state index >= 15 is 0 Å². The second-order valence-corrected chi connectivity index (χ2v) is 9.60. The van der Waals surface area contributed by atoms with Gasteiger partial charge in [0, 0.05) is 54.8 Å². The molecule has 0 spiro atoms. The zero-order valence-corrected chi connectivity index (χ0v) is 20.6. The normalized spacial score (nSPS) is 23.4. The lowest BCUT2D eigenvalue weighted by atomic mass is 10.1. The lowest BCUT2D eigenvalue weighted by molar-refractivity contribution is -0.189. The van der Waals surface area contributed by atoms with Crippen molar-refractivity contribution in [2.24, 2.45) is 0 Å². The van der Waals surface area contributed by atoms with E-state index in [1.807, 2.05) is 29.0 Å². The van der Waals surface area contributed by atoms with Gasteiger partial charge in [-0.05, 0) is 43.4 Å². The maximum Gasteiger partial charge on any atom is 0.215 e. The van der Waals surface area contributed by atoms with Crippen LogP contribution in [0.3, 0.4) is 0 Å². The second kappa shape index (κ2) is 10.1. The third-order valence-electron chi connectivity index (χ3n) is 6.29. The maximum atomic E-state index is 6.54. The monoisotopic (exact) mass is 502 g/mol. The molecule has 0 radical (unpaired) electrons. The first-order valence-electron chi connectivity index (χ1n) is 11.4. The summed E-state index contributed by atoms with van der Waals surface area (Å²) < 4.78 is 20.6. The molecule has 180 valence electrons. The van der Waals surface area contributed by atoms with Gasteiger partial charge in [-0.2, -0.15) is 0 Å². The Bertz CT molecular complexity index is 1090. The van der Waals surface area contributed by atoms with Crippen LogP contribution < -0.4 is 9.64 Å². The Hall–Kier alpha value is -2.29. The van der Waals surface area contributed by atoms with Crippen molar-refractivity contribution in [3.63, 3.8) is 0 Å². The predicted octanol–water partition coefficient (Wildman–Crippen LogP) is 4.29. The van der Waals surface area contributed by atoms with E-state index in [0.717, 1.165) is 37.5 Å². The van der Waals surface area contributed by atoms with Gasteiger partial charge in [0.25, 0.3) is 0 Å². The van der Waals surface area contributed by atoms with Gasteiger partial charge in [-0.1, -0.05) is 29.3 Å². The van der Waals surface area contributed by atoms with Crippen molar-refractivity contribution in [1.82, 2.24) is 14.5 Å². The van der Waals surface area contributed by atoms with Gasteiger partial charge in [0.1, 0.15) is 18.5 Å². The number of aromatic nitrogens is 2. The van der Waals surface area contributed by atoms with E-state index in [2.05, 4.69) is 34.0 Å². The molecular weight excluding hydrogens is 475 g/mol. The third kappa shape index (κ3) is 5.19. The fourth-order valence-electron chi connectivity index (χ4n) is 4.38. The minimum Gasteiger partial charge on any atom is -0.491 e. The van der Waals surface area contributed by atoms with Gasteiger partial charge in [-0.3, -0.25) is 0 Å². The Morgan fingerprint density at radius 2 is 1.88 bits per heavy atom. The molecule has 3 heterocycles. The van der Waals surface area contributed by atoms with Gasteiger partial charge in [0.05, 0.1) is 24.5 Å². The van der Waals surface area contributed by atoms with Gasteiger partial charge >= 0.3 is 0 Å². The van der Waals surface area contributed by atoms with E-state index in [4.69, 9.17) is 37.4 Å². The lowest BCUT2D eigenvalue weighted by Gasteiger charge is -2.34. The van der Waals surface area contributed by atoms with Crippen LogP contribution in [0.15, 0.2) is 61.2 Å². The molecule has 9 heteroatoms. The van der Waals surface area contributed by atoms with Gasteiger partial charge in [-0.25, -0.2) is 4.98 Å². The Morgan fingerprint density at radius 3 is 2.59 bits per heavy atom. The van der Waals surface area contributed by atoms with Crippen LogP contribution in [-0.2, 0) is 21.8 Å². The van der Waals surface area contributed by atoms with Gasteiger partial charge in [0.15, 0.2) is 0 Å². The Morgan fingerprint density at radius 1 is 1.09 bits per heavy atom. The SMILES string of the molecule is CN1CCN(c2ccc(OCC3COC(Cn4ccnc4)(c4ccc(Cl)cc4Cl)O3)cc2)CC1. The molecule has 7 nitrogen and oxygen atoms in total. The molecule has 0 amide bonds. The van der Waals surface area contributed by atoms with Crippen LogP contribution >= 0.6 is 23.2 Å². The van der Waals surface area contributed by atoms with E-state index in [1.54, 1.807) is 24.7 Å². The first kappa shape index (κ1) is 23.5. The zero-order valence-electron chi connectivity index (χ0n) is 19.1. The molecule has 2 atom stereocenters. The van der Waals surface area contributed by atoms with Crippen LogP contribution in [0.2, 0.25) is 10.0 Å². The molecular formula is C25H28Cl2N4O3. The van der Waals surface area contributed by atoms with E-state index in [-0.39, 0.29) is 6.10 Å². The van der Waals surface area contributed by atoms with Crippen LogP contribution in [0.1, 0.15) is 5.56 Å². The maximum absolute atomic E-state index is 6.54. The molecule has 34 heavy (non-hydrogen) atoms. The van der Waals surface area contributed by atoms with Crippen molar-refractivity contribution >= 4 is 28.9 Å². The van der Waals surface area contributed by atoms with Crippen LogP contribution in [0.4, 0.5) is 5.69 Å². The summed E-state index contributed by atoms with van der Waals surface area (Å²) in [5.41, 5.74) is 1.95. The molecule has 1 aromatic heterocycles. The summed E-state index contributed by atoms with van der Waals surface area (Å²) in [6.07, 6.45) is 5.06. The summed E-state index contributed by atoms with van der Waals surface area (Å²) in [5, 5.41) is 1.05. The lowest BCUT2D eigenvalue weighted by Crippen LogP contribution is -2.44. The Labute approximate surface area is 209 Å². The van der Waals surface area contributed by atoms with Crippen LogP contribution in [0.25, 0.3) is 0 Å². The van der Waals surface area contributed by atoms with Crippen molar-refractivity contribution in [2.45, 2.75) is 18.4 Å². The third-order valence-corrected chi connectivity index (χ3v) is 6.84. The summed E-state index contributed by atoms with van der Waals surface area (Å²) in [4.78, 5) is 8.88.